The Kier molecular flexibility index (Phi) is 5.46. The summed E-state index contributed by atoms with van der Waals surface area (Å²) in [5.74, 6) is 0.595. The second-order valence-electron chi connectivity index (χ2n) is 5.46. The molecule has 0 saturated carbocycles. The van der Waals surface area contributed by atoms with Crippen molar-refractivity contribution >= 4 is 21.4 Å². The van der Waals surface area contributed by atoms with Crippen molar-refractivity contribution in [3.63, 3.8) is 0 Å². The molecule has 0 saturated heterocycles. The molecule has 134 valence electrons. The summed E-state index contributed by atoms with van der Waals surface area (Å²) in [4.78, 5) is 0.901. The molecule has 0 fully saturated rings. The van der Waals surface area contributed by atoms with E-state index >= 15 is 0 Å². The number of benzene rings is 1. The van der Waals surface area contributed by atoms with Gasteiger partial charge in [-0.2, -0.15) is 9.57 Å². The minimum atomic E-state index is -3.78. The molecule has 0 atom stereocenters. The molecular weight excluding hydrogens is 372 g/mol. The number of thiophene rings is 1. The molecule has 0 radical (unpaired) electrons. The lowest BCUT2D eigenvalue weighted by atomic mass is 10.2. The highest BCUT2D eigenvalue weighted by Gasteiger charge is 2.26. The largest absolute Gasteiger partial charge is 0.418 e. The first-order valence-corrected chi connectivity index (χ1v) is 10.2. The Morgan fingerprint density at radius 2 is 2.12 bits per heavy atom. The molecule has 0 amide bonds. The smallest absolute Gasteiger partial charge is 0.257 e. The highest BCUT2D eigenvalue weighted by Crippen LogP contribution is 2.25. The quantitative estimate of drug-likeness (QED) is 0.616. The van der Waals surface area contributed by atoms with Gasteiger partial charge >= 0.3 is 0 Å². The van der Waals surface area contributed by atoms with Crippen LogP contribution in [-0.2, 0) is 16.6 Å². The van der Waals surface area contributed by atoms with Gasteiger partial charge in [0.25, 0.3) is 5.89 Å². The summed E-state index contributed by atoms with van der Waals surface area (Å²) < 4.78 is 32.8. The standard InChI is InChI=1S/C17H16N4O3S2/c1-2-8-21(26(22,23)14-6-3-5-13(10-14)11-18)12-16-19-20-17(24-16)15-7-4-9-25-15/h3-7,9-10H,2,8,12H2,1H3. The van der Waals surface area contributed by atoms with Gasteiger partial charge in [-0.3, -0.25) is 0 Å². The Balaban J connectivity index is 1.88. The summed E-state index contributed by atoms with van der Waals surface area (Å²) in [5, 5.41) is 18.9. The fourth-order valence-electron chi connectivity index (χ4n) is 2.38. The lowest BCUT2D eigenvalue weighted by molar-refractivity contribution is 0.357. The molecule has 0 aliphatic rings. The lowest BCUT2D eigenvalue weighted by Crippen LogP contribution is -2.31. The number of hydrogen-bond donors (Lipinski definition) is 0. The molecule has 7 nitrogen and oxygen atoms in total. The van der Waals surface area contributed by atoms with Crippen molar-refractivity contribution in [3.05, 3.63) is 53.2 Å². The van der Waals surface area contributed by atoms with Crippen LogP contribution < -0.4 is 0 Å². The van der Waals surface area contributed by atoms with Gasteiger partial charge in [-0.1, -0.05) is 19.1 Å². The molecule has 3 rings (SSSR count). The van der Waals surface area contributed by atoms with E-state index in [1.807, 2.05) is 30.5 Å². The fourth-order valence-corrected chi connectivity index (χ4v) is 4.55. The topological polar surface area (TPSA) is 100 Å². The van der Waals surface area contributed by atoms with E-state index in [0.717, 1.165) is 4.88 Å². The number of hydrogen-bond acceptors (Lipinski definition) is 7. The minimum absolute atomic E-state index is 0.0225. The average molecular weight is 388 g/mol. The van der Waals surface area contributed by atoms with E-state index < -0.39 is 10.0 Å². The Morgan fingerprint density at radius 3 is 2.81 bits per heavy atom. The van der Waals surface area contributed by atoms with Crippen molar-refractivity contribution in [1.29, 1.82) is 5.26 Å². The number of aromatic nitrogens is 2. The Labute approximate surface area is 155 Å². The van der Waals surface area contributed by atoms with Gasteiger partial charge < -0.3 is 4.42 Å². The molecule has 0 aliphatic carbocycles. The van der Waals surface area contributed by atoms with Crippen molar-refractivity contribution in [1.82, 2.24) is 14.5 Å². The van der Waals surface area contributed by atoms with Crippen LogP contribution in [0.25, 0.3) is 10.8 Å². The molecular formula is C17H16N4O3S2. The van der Waals surface area contributed by atoms with Gasteiger partial charge in [-0.25, -0.2) is 8.42 Å². The summed E-state index contributed by atoms with van der Waals surface area (Å²) in [6.45, 7) is 2.17. The second kappa shape index (κ2) is 7.78. The van der Waals surface area contributed by atoms with Crippen LogP contribution in [0.15, 0.2) is 51.1 Å². The van der Waals surface area contributed by atoms with Crippen molar-refractivity contribution in [3.8, 4) is 16.8 Å². The molecule has 0 unspecified atom stereocenters. The summed E-state index contributed by atoms with van der Waals surface area (Å²) in [7, 11) is -3.78. The van der Waals surface area contributed by atoms with Crippen LogP contribution in [0.4, 0.5) is 0 Å². The van der Waals surface area contributed by atoms with Crippen LogP contribution >= 0.6 is 11.3 Å². The zero-order valence-corrected chi connectivity index (χ0v) is 15.6. The highest BCUT2D eigenvalue weighted by molar-refractivity contribution is 7.89. The maximum atomic E-state index is 13.0. The predicted molar refractivity (Wildman–Crippen MR) is 96.7 cm³/mol. The van der Waals surface area contributed by atoms with Crippen molar-refractivity contribution < 1.29 is 12.8 Å². The lowest BCUT2D eigenvalue weighted by Gasteiger charge is -2.20. The Bertz CT molecular complexity index is 1020. The van der Waals surface area contributed by atoms with Gasteiger partial charge in [0.15, 0.2) is 0 Å². The third-order valence-corrected chi connectivity index (χ3v) is 6.28. The molecule has 0 N–H and O–H groups in total. The molecule has 0 spiro atoms. The summed E-state index contributed by atoms with van der Waals surface area (Å²) in [6, 6.07) is 11.6. The van der Waals surface area contributed by atoms with Gasteiger partial charge in [-0.15, -0.1) is 21.5 Å². The van der Waals surface area contributed by atoms with Crippen LogP contribution in [0, 0.1) is 11.3 Å². The molecule has 2 aromatic heterocycles. The van der Waals surface area contributed by atoms with E-state index in [1.165, 1.54) is 27.8 Å². The maximum Gasteiger partial charge on any atom is 0.257 e. The highest BCUT2D eigenvalue weighted by atomic mass is 32.2. The number of sulfonamides is 1. The van der Waals surface area contributed by atoms with Crippen LogP contribution in [0.3, 0.4) is 0 Å². The minimum Gasteiger partial charge on any atom is -0.418 e. The van der Waals surface area contributed by atoms with Gasteiger partial charge in [0.05, 0.1) is 28.0 Å². The summed E-state index contributed by atoms with van der Waals surface area (Å²) in [5.41, 5.74) is 0.292. The average Bonchev–Trinajstić information content (AvgIpc) is 3.33. The van der Waals surface area contributed by atoms with E-state index in [-0.39, 0.29) is 17.3 Å². The normalized spacial score (nSPS) is 11.6. The van der Waals surface area contributed by atoms with E-state index in [2.05, 4.69) is 10.2 Å². The first-order chi connectivity index (χ1) is 12.5. The van der Waals surface area contributed by atoms with Crippen molar-refractivity contribution in [2.45, 2.75) is 24.8 Å². The number of nitrogens with zero attached hydrogens (tertiary/aromatic N) is 4. The van der Waals surface area contributed by atoms with Crippen LogP contribution in [0.1, 0.15) is 24.8 Å². The van der Waals surface area contributed by atoms with Gasteiger partial charge in [-0.05, 0) is 36.1 Å². The van der Waals surface area contributed by atoms with Crippen molar-refractivity contribution in [2.24, 2.45) is 0 Å². The monoisotopic (exact) mass is 388 g/mol. The fraction of sp³-hybridized carbons (Fsp3) is 0.235. The second-order valence-corrected chi connectivity index (χ2v) is 8.34. The van der Waals surface area contributed by atoms with Crippen molar-refractivity contribution in [2.75, 3.05) is 6.54 Å². The molecule has 2 heterocycles. The first kappa shape index (κ1) is 18.3. The van der Waals surface area contributed by atoms with Gasteiger partial charge in [0.1, 0.15) is 0 Å². The van der Waals surface area contributed by atoms with Gasteiger partial charge in [0, 0.05) is 6.54 Å². The summed E-state index contributed by atoms with van der Waals surface area (Å²) >= 11 is 1.47. The zero-order chi connectivity index (χ0) is 18.6. The summed E-state index contributed by atoms with van der Waals surface area (Å²) in [6.07, 6.45) is 0.628. The molecule has 1 aromatic carbocycles. The van der Waals surface area contributed by atoms with E-state index in [1.54, 1.807) is 12.1 Å². The molecule has 0 bridgehead atoms. The van der Waals surface area contributed by atoms with Crippen LogP contribution in [0.2, 0.25) is 0 Å². The van der Waals surface area contributed by atoms with E-state index in [4.69, 9.17) is 9.68 Å². The molecule has 26 heavy (non-hydrogen) atoms. The Morgan fingerprint density at radius 1 is 1.27 bits per heavy atom. The van der Waals surface area contributed by atoms with Crippen LogP contribution in [-0.4, -0.2) is 29.5 Å². The van der Waals surface area contributed by atoms with Crippen LogP contribution in [0.5, 0.6) is 0 Å². The third kappa shape index (κ3) is 3.83. The third-order valence-electron chi connectivity index (χ3n) is 3.58. The first-order valence-electron chi connectivity index (χ1n) is 7.91. The number of rotatable bonds is 7. The van der Waals surface area contributed by atoms with E-state index in [9.17, 15) is 8.42 Å². The van der Waals surface area contributed by atoms with E-state index in [0.29, 0.717) is 24.4 Å². The Hall–Kier alpha value is -2.54. The predicted octanol–water partition coefficient (Wildman–Crippen LogP) is 3.27. The molecule has 0 aliphatic heterocycles. The molecule has 3 aromatic rings. The molecule has 9 heteroatoms. The SMILES string of the molecule is CCCN(Cc1nnc(-c2cccs2)o1)S(=O)(=O)c1cccc(C#N)c1. The maximum absolute atomic E-state index is 13.0. The van der Waals surface area contributed by atoms with Gasteiger partial charge in [0.2, 0.25) is 15.9 Å². The zero-order valence-electron chi connectivity index (χ0n) is 14.0. The number of nitriles is 1.